The van der Waals surface area contributed by atoms with E-state index in [2.05, 4.69) is 10.1 Å². The van der Waals surface area contributed by atoms with E-state index < -0.39 is 12.1 Å². The fraction of sp³-hybridized carbons (Fsp3) is 0.333. The number of pyridine rings is 1. The summed E-state index contributed by atoms with van der Waals surface area (Å²) in [5.41, 5.74) is 12.7. The van der Waals surface area contributed by atoms with Crippen LogP contribution in [0.2, 0.25) is 0 Å². The molecular weight excluding hydrogens is 456 g/mol. The highest BCUT2D eigenvalue weighted by Gasteiger charge is 2.34. The number of nitrogen functional groups attached to an aromatic ring is 1. The maximum Gasteiger partial charge on any atom is 0.341 e. The van der Waals surface area contributed by atoms with Gasteiger partial charge in [0.05, 0.1) is 18.5 Å². The highest BCUT2D eigenvalue weighted by atomic mass is 19.1. The van der Waals surface area contributed by atoms with Crippen molar-refractivity contribution in [3.63, 3.8) is 0 Å². The standard InChI is InChI=1S/C27H29BFN5O2/c1-2-36-27(35)23(29)17-8-10-18(11-9-17)24-22(28)25(30)34-26(33-24)20(15-32-34)19-12-13-21(31-14-19)16-6-4-3-5-7-16/h3-7,12-15,17-18,23H,2,8-11,28,30H2,1H3/t17-,18+,23?. The zero-order valence-corrected chi connectivity index (χ0v) is 20.5. The number of ether oxygens (including phenoxy) is 1. The van der Waals surface area contributed by atoms with Crippen molar-refractivity contribution >= 4 is 30.7 Å². The molecule has 0 spiro atoms. The molecule has 0 radical (unpaired) electrons. The molecule has 7 nitrogen and oxygen atoms in total. The predicted molar refractivity (Wildman–Crippen MR) is 140 cm³/mol. The molecule has 1 unspecified atom stereocenters. The zero-order valence-electron chi connectivity index (χ0n) is 20.5. The van der Waals surface area contributed by atoms with Crippen LogP contribution >= 0.6 is 0 Å². The van der Waals surface area contributed by atoms with Gasteiger partial charge in [0.15, 0.2) is 11.8 Å². The summed E-state index contributed by atoms with van der Waals surface area (Å²) in [5.74, 6) is -0.380. The molecule has 3 aromatic heterocycles. The maximum absolute atomic E-state index is 14.6. The van der Waals surface area contributed by atoms with Crippen molar-refractivity contribution in [1.29, 1.82) is 0 Å². The monoisotopic (exact) mass is 485 g/mol. The molecule has 0 bridgehead atoms. The van der Waals surface area contributed by atoms with Gasteiger partial charge in [0.2, 0.25) is 0 Å². The van der Waals surface area contributed by atoms with E-state index in [1.807, 2.05) is 56.5 Å². The summed E-state index contributed by atoms with van der Waals surface area (Å²) in [6.45, 7) is 1.88. The van der Waals surface area contributed by atoms with Crippen LogP contribution in [0.15, 0.2) is 54.9 Å². The van der Waals surface area contributed by atoms with Crippen LogP contribution < -0.4 is 11.2 Å². The Labute approximate surface area is 210 Å². The number of aromatic nitrogens is 4. The number of fused-ring (bicyclic) bond motifs is 1. The van der Waals surface area contributed by atoms with Crippen LogP contribution in [-0.4, -0.2) is 46.2 Å². The highest BCUT2D eigenvalue weighted by molar-refractivity contribution is 6.36. The van der Waals surface area contributed by atoms with Crippen molar-refractivity contribution in [1.82, 2.24) is 19.6 Å². The molecule has 1 atom stereocenters. The van der Waals surface area contributed by atoms with Gasteiger partial charge in [-0.05, 0) is 44.1 Å². The van der Waals surface area contributed by atoms with E-state index in [0.29, 0.717) is 24.3 Å². The van der Waals surface area contributed by atoms with Gasteiger partial charge in [-0.2, -0.15) is 9.61 Å². The predicted octanol–water partition coefficient (Wildman–Crippen LogP) is 3.47. The zero-order chi connectivity index (χ0) is 25.2. The van der Waals surface area contributed by atoms with Gasteiger partial charge in [0.1, 0.15) is 13.7 Å². The van der Waals surface area contributed by atoms with Crippen molar-refractivity contribution in [2.24, 2.45) is 5.92 Å². The number of halogens is 1. The molecule has 36 heavy (non-hydrogen) atoms. The first-order valence-electron chi connectivity index (χ1n) is 12.4. The molecule has 1 aliphatic carbocycles. The molecule has 0 saturated heterocycles. The Kier molecular flexibility index (Phi) is 6.72. The fourth-order valence-corrected chi connectivity index (χ4v) is 5.15. The quantitative estimate of drug-likeness (QED) is 0.332. The van der Waals surface area contributed by atoms with Crippen LogP contribution in [0.1, 0.15) is 44.2 Å². The van der Waals surface area contributed by atoms with Crippen LogP contribution in [-0.2, 0) is 9.53 Å². The lowest BCUT2D eigenvalue weighted by molar-refractivity contribution is -0.151. The Morgan fingerprint density at radius 3 is 2.56 bits per heavy atom. The summed E-state index contributed by atoms with van der Waals surface area (Å²) >= 11 is 0. The largest absolute Gasteiger partial charge is 0.464 e. The van der Waals surface area contributed by atoms with E-state index in [4.69, 9.17) is 15.5 Å². The van der Waals surface area contributed by atoms with Gasteiger partial charge in [-0.3, -0.25) is 4.98 Å². The van der Waals surface area contributed by atoms with Gasteiger partial charge in [0, 0.05) is 40.4 Å². The first-order valence-corrected chi connectivity index (χ1v) is 12.4. The van der Waals surface area contributed by atoms with Gasteiger partial charge < -0.3 is 10.5 Å². The van der Waals surface area contributed by atoms with E-state index in [1.165, 1.54) is 0 Å². The second-order valence-corrected chi connectivity index (χ2v) is 9.36. The molecule has 184 valence electrons. The Bertz CT molecular complexity index is 1370. The topological polar surface area (TPSA) is 95.4 Å². The second kappa shape index (κ2) is 10.1. The minimum absolute atomic E-state index is 0.143. The maximum atomic E-state index is 14.6. The number of carbonyl (C=O) groups excluding carboxylic acids is 1. The number of esters is 1. The average molecular weight is 485 g/mol. The van der Waals surface area contributed by atoms with E-state index in [9.17, 15) is 9.18 Å². The lowest BCUT2D eigenvalue weighted by Crippen LogP contribution is -2.32. The van der Waals surface area contributed by atoms with Crippen molar-refractivity contribution < 1.29 is 13.9 Å². The molecule has 4 aromatic rings. The Balaban J connectivity index is 1.41. The molecule has 0 amide bonds. The first-order chi connectivity index (χ1) is 17.5. The van der Waals surface area contributed by atoms with Crippen LogP contribution in [0.25, 0.3) is 28.0 Å². The van der Waals surface area contributed by atoms with Gasteiger partial charge in [0.25, 0.3) is 0 Å². The molecular formula is C27H29BFN5O2. The summed E-state index contributed by atoms with van der Waals surface area (Å²) in [7, 11) is 1.96. The SMILES string of the molecule is Bc1c(N)n2ncc(-c3ccc(-c4ccccc4)nc3)c2nc1[C@H]1CC[C@@H](C(F)C(=O)OCC)CC1. The van der Waals surface area contributed by atoms with Gasteiger partial charge >= 0.3 is 5.97 Å². The average Bonchev–Trinajstić information content (AvgIpc) is 3.35. The van der Waals surface area contributed by atoms with Gasteiger partial charge in [-0.1, -0.05) is 36.4 Å². The highest BCUT2D eigenvalue weighted by Crippen LogP contribution is 2.38. The van der Waals surface area contributed by atoms with Crippen LogP contribution in [0, 0.1) is 5.92 Å². The second-order valence-electron chi connectivity index (χ2n) is 9.36. The Morgan fingerprint density at radius 2 is 1.89 bits per heavy atom. The van der Waals surface area contributed by atoms with E-state index >= 15 is 0 Å². The lowest BCUT2D eigenvalue weighted by Gasteiger charge is -2.30. The minimum atomic E-state index is -1.57. The molecule has 9 heteroatoms. The van der Waals surface area contributed by atoms with Crippen molar-refractivity contribution in [3.05, 3.63) is 60.6 Å². The van der Waals surface area contributed by atoms with Crippen LogP contribution in [0.5, 0.6) is 0 Å². The molecule has 1 aromatic carbocycles. The summed E-state index contributed by atoms with van der Waals surface area (Å²) < 4.78 is 21.1. The molecule has 1 aliphatic rings. The number of carbonyl (C=O) groups is 1. The summed E-state index contributed by atoms with van der Waals surface area (Å²) in [6.07, 6.45) is 4.72. The summed E-state index contributed by atoms with van der Waals surface area (Å²) in [4.78, 5) is 21.5. The van der Waals surface area contributed by atoms with Crippen LogP contribution in [0.4, 0.5) is 10.2 Å². The molecule has 3 heterocycles. The third-order valence-corrected chi connectivity index (χ3v) is 7.20. The number of hydrogen-bond donors (Lipinski definition) is 1. The van der Waals surface area contributed by atoms with Gasteiger partial charge in [-0.15, -0.1) is 0 Å². The van der Waals surface area contributed by atoms with Crippen molar-refractivity contribution in [2.45, 2.75) is 44.7 Å². The third kappa shape index (κ3) is 4.45. The number of anilines is 1. The number of nitrogens with two attached hydrogens (primary N) is 1. The Morgan fingerprint density at radius 1 is 1.14 bits per heavy atom. The van der Waals surface area contributed by atoms with E-state index in [-0.39, 0.29) is 18.4 Å². The molecule has 1 saturated carbocycles. The molecule has 5 rings (SSSR count). The van der Waals surface area contributed by atoms with Crippen molar-refractivity contribution in [2.75, 3.05) is 12.3 Å². The first kappa shape index (κ1) is 24.0. The molecule has 2 N–H and O–H groups in total. The lowest BCUT2D eigenvalue weighted by atomic mass is 9.75. The summed E-state index contributed by atoms with van der Waals surface area (Å²) in [6, 6.07) is 14.0. The Hall–Kier alpha value is -3.75. The smallest absolute Gasteiger partial charge is 0.341 e. The number of alkyl halides is 1. The number of rotatable bonds is 6. The van der Waals surface area contributed by atoms with Crippen LogP contribution in [0.3, 0.4) is 0 Å². The normalized spacial score (nSPS) is 18.7. The van der Waals surface area contributed by atoms with Crippen molar-refractivity contribution in [3.8, 4) is 22.4 Å². The molecule has 1 fully saturated rings. The molecule has 0 aliphatic heterocycles. The number of benzene rings is 1. The minimum Gasteiger partial charge on any atom is -0.464 e. The third-order valence-electron chi connectivity index (χ3n) is 7.20. The van der Waals surface area contributed by atoms with E-state index in [1.54, 1.807) is 17.6 Å². The summed E-state index contributed by atoms with van der Waals surface area (Å²) in [5, 5.41) is 4.49. The number of hydrogen-bond acceptors (Lipinski definition) is 6. The fourth-order valence-electron chi connectivity index (χ4n) is 5.15. The van der Waals surface area contributed by atoms with Gasteiger partial charge in [-0.25, -0.2) is 14.2 Å². The van der Waals surface area contributed by atoms with E-state index in [0.717, 1.165) is 46.4 Å². The number of nitrogens with zero attached hydrogens (tertiary/aromatic N) is 4.